The second-order valence-corrected chi connectivity index (χ2v) is 13.4. The van der Waals surface area contributed by atoms with Crippen LogP contribution in [0.2, 0.25) is 0 Å². The van der Waals surface area contributed by atoms with Gasteiger partial charge in [-0.25, -0.2) is 0 Å². The highest BCUT2D eigenvalue weighted by atomic mass is 33.1. The average Bonchev–Trinajstić information content (AvgIpc) is 3.04. The monoisotopic (exact) mass is 634 g/mol. The van der Waals surface area contributed by atoms with Crippen molar-refractivity contribution in [3.63, 3.8) is 0 Å². The van der Waals surface area contributed by atoms with Crippen LogP contribution in [0, 0.1) is 11.9 Å². The summed E-state index contributed by atoms with van der Waals surface area (Å²) in [6.07, 6.45) is 18.2. The summed E-state index contributed by atoms with van der Waals surface area (Å²) in [4.78, 5) is 4.61. The van der Waals surface area contributed by atoms with E-state index in [1.54, 1.807) is 33.7 Å². The van der Waals surface area contributed by atoms with Gasteiger partial charge in [0.05, 0.1) is 0 Å². The van der Waals surface area contributed by atoms with Crippen LogP contribution in [0.15, 0.2) is 90.4 Å². The minimum atomic E-state index is -0.226. The number of hydrogen-bond donors (Lipinski definition) is 0. The van der Waals surface area contributed by atoms with Crippen molar-refractivity contribution in [1.82, 2.24) is 4.90 Å². The molecule has 0 bridgehead atoms. The van der Waals surface area contributed by atoms with Crippen LogP contribution in [0.5, 0.6) is 0 Å². The fourth-order valence-corrected chi connectivity index (χ4v) is 7.11. The Balaban J connectivity index is 1.24. The van der Waals surface area contributed by atoms with Crippen molar-refractivity contribution in [3.8, 4) is 0 Å². The molecular weight excluding hydrogens is 591 g/mol. The quantitative estimate of drug-likeness (QED) is 0.0732. The molecule has 4 nitrogen and oxygen atoms in total. The standard InChI is InChI=1S/C36H44F2N4S2/c1-5-41-21-19-29(27-35(41)37)15-17-31-11-7-9-13-33(31)39(3)23-25-43-44-26-24-40(4)34-14-10-8-12-32(34)18-16-30-20-22-42(6-2)36(38)28-30/h7,9-11,13-22,27-28H,5-6,8,12,23-26H2,1-4H3/q+2. The molecule has 0 N–H and O–H groups in total. The lowest BCUT2D eigenvalue weighted by Crippen LogP contribution is -2.36. The van der Waals surface area contributed by atoms with E-state index in [9.17, 15) is 8.78 Å². The maximum Gasteiger partial charge on any atom is 0.360 e. The normalized spacial score (nSPS) is 13.4. The first kappa shape index (κ1) is 33.5. The maximum atomic E-state index is 14.2. The number of nitrogens with zero attached hydrogens (tertiary/aromatic N) is 4. The number of likely N-dealkylation sites (N-methyl/N-ethyl adjacent to an activating group) is 1. The number of allylic oxidation sites excluding steroid dienone is 4. The highest BCUT2D eigenvalue weighted by molar-refractivity contribution is 8.76. The molecule has 0 fully saturated rings. The van der Waals surface area contributed by atoms with Crippen molar-refractivity contribution in [2.24, 2.45) is 0 Å². The van der Waals surface area contributed by atoms with Gasteiger partial charge in [0.25, 0.3) is 0 Å². The topological polar surface area (TPSA) is 14.2 Å². The van der Waals surface area contributed by atoms with E-state index in [0.29, 0.717) is 13.1 Å². The molecule has 4 rings (SSSR count). The zero-order valence-corrected chi connectivity index (χ0v) is 27.9. The Hall–Kier alpha value is -3.36. The minimum absolute atomic E-state index is 0.211. The first-order valence-corrected chi connectivity index (χ1v) is 17.8. The van der Waals surface area contributed by atoms with Crippen molar-refractivity contribution >= 4 is 45.5 Å². The van der Waals surface area contributed by atoms with Crippen LogP contribution in [-0.4, -0.2) is 43.6 Å². The van der Waals surface area contributed by atoms with Gasteiger partial charge in [0.15, 0.2) is 12.4 Å². The second-order valence-electron chi connectivity index (χ2n) is 10.7. The summed E-state index contributed by atoms with van der Waals surface area (Å²) < 4.78 is 31.6. The minimum Gasteiger partial charge on any atom is -0.374 e. The van der Waals surface area contributed by atoms with Gasteiger partial charge in [0, 0.05) is 74.3 Å². The fraction of sp³-hybridized carbons (Fsp3) is 0.333. The summed E-state index contributed by atoms with van der Waals surface area (Å²) in [6.45, 7) is 6.98. The van der Waals surface area contributed by atoms with Crippen LogP contribution >= 0.6 is 21.6 Å². The zero-order valence-electron chi connectivity index (χ0n) is 26.3. The summed E-state index contributed by atoms with van der Waals surface area (Å²) >= 11 is 0. The molecule has 0 aliphatic heterocycles. The van der Waals surface area contributed by atoms with Gasteiger partial charge in [0.2, 0.25) is 0 Å². The lowest BCUT2D eigenvalue weighted by molar-refractivity contribution is -0.721. The molecule has 1 aliphatic carbocycles. The largest absolute Gasteiger partial charge is 0.374 e. The van der Waals surface area contributed by atoms with Crippen molar-refractivity contribution in [2.75, 3.05) is 43.6 Å². The van der Waals surface area contributed by atoms with E-state index in [0.717, 1.165) is 59.8 Å². The van der Waals surface area contributed by atoms with Crippen LogP contribution in [0.1, 0.15) is 43.4 Å². The van der Waals surface area contributed by atoms with Gasteiger partial charge in [-0.3, -0.25) is 0 Å². The zero-order chi connectivity index (χ0) is 31.3. The fourth-order valence-electron chi connectivity index (χ4n) is 5.03. The van der Waals surface area contributed by atoms with Crippen LogP contribution in [-0.2, 0) is 13.1 Å². The number of halogens is 2. The number of benzene rings is 1. The van der Waals surface area contributed by atoms with Crippen molar-refractivity contribution in [1.29, 1.82) is 0 Å². The lowest BCUT2D eigenvalue weighted by Gasteiger charge is -2.25. The summed E-state index contributed by atoms with van der Waals surface area (Å²) in [5, 5.41) is 0. The Morgan fingerprint density at radius 1 is 0.773 bits per heavy atom. The van der Waals surface area contributed by atoms with Gasteiger partial charge in [-0.15, -0.1) is 8.78 Å². The molecular formula is C36H44F2N4S2+2. The number of rotatable bonds is 15. The molecule has 2 aromatic heterocycles. The molecule has 0 unspecified atom stereocenters. The SMILES string of the molecule is CC[n+]1ccc(/C=C/C2=C(N(C)CCSSCCN(C)c3ccccc3/C=C/c3cc[n+](CC)c(F)c3)C=CCC2)cc1F. The van der Waals surface area contributed by atoms with Gasteiger partial charge >= 0.3 is 11.9 Å². The molecule has 232 valence electrons. The third-order valence-electron chi connectivity index (χ3n) is 7.68. The number of para-hydroxylation sites is 1. The van der Waals surface area contributed by atoms with Crippen LogP contribution in [0.3, 0.4) is 0 Å². The number of aryl methyl sites for hydroxylation is 2. The second kappa shape index (κ2) is 17.2. The molecule has 0 saturated carbocycles. The lowest BCUT2D eigenvalue weighted by atomic mass is 10.00. The Morgan fingerprint density at radius 2 is 1.36 bits per heavy atom. The van der Waals surface area contributed by atoms with E-state index in [4.69, 9.17) is 0 Å². The van der Waals surface area contributed by atoms with Crippen LogP contribution < -0.4 is 14.0 Å². The van der Waals surface area contributed by atoms with Gasteiger partial charge in [-0.2, -0.15) is 9.13 Å². The van der Waals surface area contributed by atoms with E-state index in [2.05, 4.69) is 66.4 Å². The maximum absolute atomic E-state index is 14.2. The Kier molecular flexibility index (Phi) is 13.1. The Bertz CT molecular complexity index is 1520. The molecule has 0 spiro atoms. The van der Waals surface area contributed by atoms with Crippen LogP contribution in [0.4, 0.5) is 14.5 Å². The summed E-state index contributed by atoms with van der Waals surface area (Å²) in [6, 6.07) is 15.4. The highest BCUT2D eigenvalue weighted by Crippen LogP contribution is 2.27. The Labute approximate surface area is 269 Å². The van der Waals surface area contributed by atoms with Crippen molar-refractivity contribution in [3.05, 3.63) is 119 Å². The van der Waals surface area contributed by atoms with E-state index in [1.807, 2.05) is 65.8 Å². The molecule has 1 aliphatic rings. The van der Waals surface area contributed by atoms with E-state index < -0.39 is 0 Å². The summed E-state index contributed by atoms with van der Waals surface area (Å²) in [7, 11) is 8.08. The number of aromatic nitrogens is 2. The van der Waals surface area contributed by atoms with E-state index >= 15 is 0 Å². The Morgan fingerprint density at radius 3 is 1.98 bits per heavy atom. The molecule has 44 heavy (non-hydrogen) atoms. The molecule has 0 radical (unpaired) electrons. The number of hydrogen-bond acceptors (Lipinski definition) is 4. The first-order chi connectivity index (χ1) is 21.4. The van der Waals surface area contributed by atoms with E-state index in [-0.39, 0.29) is 11.9 Å². The molecule has 3 aromatic rings. The van der Waals surface area contributed by atoms with E-state index in [1.165, 1.54) is 11.3 Å². The molecule has 8 heteroatoms. The van der Waals surface area contributed by atoms with Gasteiger partial charge in [0.1, 0.15) is 13.1 Å². The predicted octanol–water partition coefficient (Wildman–Crippen LogP) is 7.82. The van der Waals surface area contributed by atoms with Gasteiger partial charge < -0.3 is 9.80 Å². The molecule has 2 heterocycles. The first-order valence-electron chi connectivity index (χ1n) is 15.3. The third kappa shape index (κ3) is 9.57. The van der Waals surface area contributed by atoms with Gasteiger partial charge in [-0.1, -0.05) is 70.2 Å². The van der Waals surface area contributed by atoms with Gasteiger partial charge in [-0.05, 0) is 61.1 Å². The average molecular weight is 635 g/mol. The number of anilines is 1. The molecule has 1 aromatic carbocycles. The third-order valence-corrected chi connectivity index (χ3v) is 10.0. The predicted molar refractivity (Wildman–Crippen MR) is 185 cm³/mol. The smallest absolute Gasteiger partial charge is 0.360 e. The summed E-state index contributed by atoms with van der Waals surface area (Å²) in [5.41, 5.74) is 6.53. The summed E-state index contributed by atoms with van der Waals surface area (Å²) in [5.74, 6) is 1.59. The highest BCUT2D eigenvalue weighted by Gasteiger charge is 2.12. The molecule has 0 amide bonds. The molecule has 0 atom stereocenters. The number of pyridine rings is 2. The molecule has 0 saturated heterocycles. The van der Waals surface area contributed by atoms with Crippen molar-refractivity contribution in [2.45, 2.75) is 39.8 Å². The van der Waals surface area contributed by atoms with Crippen molar-refractivity contribution < 1.29 is 17.9 Å². The van der Waals surface area contributed by atoms with Crippen LogP contribution in [0.25, 0.3) is 18.2 Å².